The Morgan fingerprint density at radius 1 is 1.20 bits per heavy atom. The predicted octanol–water partition coefficient (Wildman–Crippen LogP) is 2.51. The summed E-state index contributed by atoms with van der Waals surface area (Å²) in [4.78, 5) is 7.06. The Hall–Kier alpha value is -0.940. The van der Waals surface area contributed by atoms with E-state index in [0.717, 1.165) is 50.4 Å². The molecule has 1 saturated heterocycles. The molecule has 0 spiro atoms. The van der Waals surface area contributed by atoms with Crippen molar-refractivity contribution >= 4 is 0 Å². The second kappa shape index (κ2) is 5.45. The maximum Gasteiger partial charge on any atom is 0.229 e. The summed E-state index contributed by atoms with van der Waals surface area (Å²) in [6, 6.07) is 0.343. The van der Waals surface area contributed by atoms with Crippen LogP contribution in [0.2, 0.25) is 0 Å². The zero-order valence-electron chi connectivity index (χ0n) is 12.0. The maximum atomic E-state index is 5.75. The van der Waals surface area contributed by atoms with Crippen LogP contribution >= 0.6 is 0 Å². The summed E-state index contributed by atoms with van der Waals surface area (Å²) < 4.78 is 11.1. The lowest BCUT2D eigenvalue weighted by Gasteiger charge is -2.21. The van der Waals surface area contributed by atoms with Gasteiger partial charge < -0.3 is 9.26 Å². The fourth-order valence-corrected chi connectivity index (χ4v) is 2.98. The number of hydrogen-bond acceptors (Lipinski definition) is 5. The molecule has 0 bridgehead atoms. The Morgan fingerprint density at radius 2 is 2.10 bits per heavy atom. The molecular formula is C15H23N3O2. The fraction of sp³-hybridized carbons (Fsp3) is 0.867. The predicted molar refractivity (Wildman–Crippen MR) is 73.4 cm³/mol. The van der Waals surface area contributed by atoms with Crippen LogP contribution in [-0.4, -0.2) is 41.3 Å². The van der Waals surface area contributed by atoms with E-state index in [0.29, 0.717) is 12.0 Å². The monoisotopic (exact) mass is 277 g/mol. The van der Waals surface area contributed by atoms with E-state index in [1.807, 2.05) is 0 Å². The van der Waals surface area contributed by atoms with Crippen molar-refractivity contribution < 1.29 is 9.26 Å². The van der Waals surface area contributed by atoms with Gasteiger partial charge in [-0.3, -0.25) is 4.90 Å². The average Bonchev–Trinajstić information content (AvgIpc) is 3.38. The molecule has 2 aliphatic carbocycles. The van der Waals surface area contributed by atoms with Crippen molar-refractivity contribution in [3.63, 3.8) is 0 Å². The Labute approximate surface area is 119 Å². The van der Waals surface area contributed by atoms with Gasteiger partial charge in [-0.15, -0.1) is 0 Å². The molecule has 2 saturated carbocycles. The third-order valence-electron chi connectivity index (χ3n) is 4.62. The fourth-order valence-electron chi connectivity index (χ4n) is 2.98. The largest absolute Gasteiger partial charge is 0.380 e. The van der Waals surface area contributed by atoms with E-state index in [9.17, 15) is 0 Å². The third kappa shape index (κ3) is 2.88. The van der Waals surface area contributed by atoms with Gasteiger partial charge >= 0.3 is 0 Å². The number of ether oxygens (including phenoxy) is 1. The molecule has 1 aromatic heterocycles. The van der Waals surface area contributed by atoms with Crippen LogP contribution < -0.4 is 0 Å². The van der Waals surface area contributed by atoms with Gasteiger partial charge in [-0.2, -0.15) is 4.98 Å². The van der Waals surface area contributed by atoms with Crippen LogP contribution in [0, 0.1) is 5.92 Å². The van der Waals surface area contributed by atoms with Crippen molar-refractivity contribution in [2.45, 2.75) is 50.5 Å². The van der Waals surface area contributed by atoms with Gasteiger partial charge in [0, 0.05) is 19.1 Å². The SMILES string of the molecule is C1C[C@H](c2noc(C3CC3)n2)N(CCOCC2CC2)C1. The summed E-state index contributed by atoms with van der Waals surface area (Å²) in [5.74, 6) is 3.15. The minimum atomic E-state index is 0.343. The van der Waals surface area contributed by atoms with E-state index in [1.54, 1.807) is 0 Å². The van der Waals surface area contributed by atoms with Gasteiger partial charge in [0.2, 0.25) is 5.89 Å². The summed E-state index contributed by atoms with van der Waals surface area (Å²) >= 11 is 0. The van der Waals surface area contributed by atoms with Crippen molar-refractivity contribution in [1.29, 1.82) is 0 Å². The maximum absolute atomic E-state index is 5.75. The van der Waals surface area contributed by atoms with E-state index in [4.69, 9.17) is 9.26 Å². The summed E-state index contributed by atoms with van der Waals surface area (Å²) in [5.41, 5.74) is 0. The van der Waals surface area contributed by atoms with Gasteiger partial charge in [-0.1, -0.05) is 5.16 Å². The van der Waals surface area contributed by atoms with Crippen molar-refractivity contribution in [1.82, 2.24) is 15.0 Å². The van der Waals surface area contributed by atoms with E-state index >= 15 is 0 Å². The first-order valence-electron chi connectivity index (χ1n) is 8.05. The Morgan fingerprint density at radius 3 is 2.90 bits per heavy atom. The molecule has 1 aromatic rings. The first-order chi connectivity index (χ1) is 9.90. The summed E-state index contributed by atoms with van der Waals surface area (Å²) in [5, 5.41) is 4.21. The van der Waals surface area contributed by atoms with Crippen LogP contribution in [0.1, 0.15) is 62.2 Å². The van der Waals surface area contributed by atoms with Gasteiger partial charge in [0.25, 0.3) is 0 Å². The zero-order chi connectivity index (χ0) is 13.4. The highest BCUT2D eigenvalue weighted by atomic mass is 16.5. The molecule has 0 aromatic carbocycles. The lowest BCUT2D eigenvalue weighted by molar-refractivity contribution is 0.0908. The molecule has 5 nitrogen and oxygen atoms in total. The minimum absolute atomic E-state index is 0.343. The van der Waals surface area contributed by atoms with Crippen LogP contribution in [0.15, 0.2) is 4.52 Å². The van der Waals surface area contributed by atoms with Crippen LogP contribution in [0.4, 0.5) is 0 Å². The molecule has 5 heteroatoms. The lowest BCUT2D eigenvalue weighted by atomic mass is 10.2. The second-order valence-corrected chi connectivity index (χ2v) is 6.48. The van der Waals surface area contributed by atoms with Crippen LogP contribution in [-0.2, 0) is 4.74 Å². The molecule has 2 heterocycles. The highest BCUT2D eigenvalue weighted by Gasteiger charge is 2.34. The number of nitrogens with zero attached hydrogens (tertiary/aromatic N) is 3. The first-order valence-corrected chi connectivity index (χ1v) is 8.05. The Kier molecular flexibility index (Phi) is 3.48. The van der Waals surface area contributed by atoms with Gasteiger partial charge in [0.05, 0.1) is 12.6 Å². The molecule has 3 fully saturated rings. The number of aromatic nitrogens is 2. The normalized spacial score (nSPS) is 27.3. The molecule has 1 atom stereocenters. The Balaban J connectivity index is 1.30. The molecule has 4 rings (SSSR count). The van der Waals surface area contributed by atoms with E-state index in [-0.39, 0.29) is 0 Å². The molecule has 1 aliphatic heterocycles. The van der Waals surface area contributed by atoms with Crippen LogP contribution in [0.5, 0.6) is 0 Å². The van der Waals surface area contributed by atoms with E-state index in [2.05, 4.69) is 15.0 Å². The van der Waals surface area contributed by atoms with Crippen molar-refractivity contribution in [2.24, 2.45) is 5.92 Å². The molecule has 110 valence electrons. The van der Waals surface area contributed by atoms with Gasteiger partial charge in [0.15, 0.2) is 5.82 Å². The first kappa shape index (κ1) is 12.8. The standard InChI is InChI=1S/C15H23N3O2/c1-2-13(14-16-15(20-17-14)12-5-6-12)18(7-1)8-9-19-10-11-3-4-11/h11-13H,1-10H2/t13-/m1/s1. The minimum Gasteiger partial charge on any atom is -0.380 e. The van der Waals surface area contributed by atoms with Crippen molar-refractivity contribution in [3.8, 4) is 0 Å². The Bertz CT molecular complexity index is 454. The zero-order valence-corrected chi connectivity index (χ0v) is 12.0. The third-order valence-corrected chi connectivity index (χ3v) is 4.62. The van der Waals surface area contributed by atoms with Crippen LogP contribution in [0.3, 0.4) is 0 Å². The molecule has 0 radical (unpaired) electrons. The molecular weight excluding hydrogens is 254 g/mol. The molecule has 3 aliphatic rings. The second-order valence-electron chi connectivity index (χ2n) is 6.48. The quantitative estimate of drug-likeness (QED) is 0.717. The van der Waals surface area contributed by atoms with E-state index in [1.165, 1.54) is 32.1 Å². The van der Waals surface area contributed by atoms with Gasteiger partial charge in [0.1, 0.15) is 0 Å². The van der Waals surface area contributed by atoms with Gasteiger partial charge in [-0.25, -0.2) is 0 Å². The lowest BCUT2D eigenvalue weighted by Crippen LogP contribution is -2.28. The molecule has 0 unspecified atom stereocenters. The molecule has 0 amide bonds. The van der Waals surface area contributed by atoms with Crippen molar-refractivity contribution in [3.05, 3.63) is 11.7 Å². The molecule has 20 heavy (non-hydrogen) atoms. The van der Waals surface area contributed by atoms with E-state index < -0.39 is 0 Å². The highest BCUT2D eigenvalue weighted by Crippen LogP contribution is 2.40. The number of rotatable bonds is 7. The van der Waals surface area contributed by atoms with Crippen molar-refractivity contribution in [2.75, 3.05) is 26.3 Å². The van der Waals surface area contributed by atoms with Gasteiger partial charge in [-0.05, 0) is 51.0 Å². The topological polar surface area (TPSA) is 51.4 Å². The summed E-state index contributed by atoms with van der Waals surface area (Å²) in [6.07, 6.45) is 7.52. The smallest absolute Gasteiger partial charge is 0.229 e. The average molecular weight is 277 g/mol. The summed E-state index contributed by atoms with van der Waals surface area (Å²) in [6.45, 7) is 3.91. The highest BCUT2D eigenvalue weighted by molar-refractivity contribution is 5.05. The summed E-state index contributed by atoms with van der Waals surface area (Å²) in [7, 11) is 0. The molecule has 0 N–H and O–H groups in total. The number of likely N-dealkylation sites (tertiary alicyclic amines) is 1. The number of hydrogen-bond donors (Lipinski definition) is 0. The van der Waals surface area contributed by atoms with Crippen LogP contribution in [0.25, 0.3) is 0 Å².